The Labute approximate surface area is 160 Å². The minimum absolute atomic E-state index is 0.0944. The molecule has 0 fully saturated rings. The summed E-state index contributed by atoms with van der Waals surface area (Å²) in [5.74, 6) is 2.95. The number of hydrogen-bond donors (Lipinski definition) is 3. The van der Waals surface area contributed by atoms with Gasteiger partial charge in [-0.25, -0.2) is 4.99 Å². The van der Waals surface area contributed by atoms with Crippen LogP contribution in [-0.4, -0.2) is 34.7 Å². The van der Waals surface area contributed by atoms with E-state index >= 15 is 0 Å². The van der Waals surface area contributed by atoms with Gasteiger partial charge in [0.05, 0.1) is 18.8 Å². The predicted octanol–water partition coefficient (Wildman–Crippen LogP) is 1.71. The normalized spacial score (nSPS) is 11.0. The van der Waals surface area contributed by atoms with E-state index in [9.17, 15) is 4.79 Å². The first-order valence-electron chi connectivity index (χ1n) is 8.82. The zero-order valence-electron chi connectivity index (χ0n) is 16.3. The Hall–Kier alpha value is -3.27. The second-order valence-electron chi connectivity index (χ2n) is 6.10. The molecule has 0 spiro atoms. The van der Waals surface area contributed by atoms with E-state index in [2.05, 4.69) is 32.0 Å². The number of guanidine groups is 1. The van der Waals surface area contributed by atoms with Gasteiger partial charge < -0.3 is 16.0 Å². The molecule has 2 rings (SSSR count). The molecule has 1 aromatic heterocycles. The lowest BCUT2D eigenvalue weighted by Crippen LogP contribution is -2.41. The molecule has 0 saturated heterocycles. The molecule has 2 aromatic rings. The molecule has 27 heavy (non-hydrogen) atoms. The van der Waals surface area contributed by atoms with E-state index in [0.717, 1.165) is 22.5 Å². The summed E-state index contributed by atoms with van der Waals surface area (Å²) in [6, 6.07) is 7.17. The Morgan fingerprint density at radius 2 is 2.11 bits per heavy atom. The van der Waals surface area contributed by atoms with Gasteiger partial charge in [0, 0.05) is 36.1 Å². The third-order valence-electron chi connectivity index (χ3n) is 4.13. The van der Waals surface area contributed by atoms with Crippen molar-refractivity contribution in [2.75, 3.05) is 18.4 Å². The van der Waals surface area contributed by atoms with Crippen molar-refractivity contribution >= 4 is 17.6 Å². The Bertz CT molecular complexity index is 875. The first-order chi connectivity index (χ1) is 12.9. The lowest BCUT2D eigenvalue weighted by atomic mass is 10.2. The Balaban J connectivity index is 1.96. The van der Waals surface area contributed by atoms with E-state index in [-0.39, 0.29) is 12.5 Å². The number of hydrogen-bond acceptors (Lipinski definition) is 3. The van der Waals surface area contributed by atoms with Crippen molar-refractivity contribution < 1.29 is 4.79 Å². The van der Waals surface area contributed by atoms with Crippen LogP contribution in [0.5, 0.6) is 0 Å². The van der Waals surface area contributed by atoms with Gasteiger partial charge in [-0.05, 0) is 39.0 Å². The van der Waals surface area contributed by atoms with Crippen molar-refractivity contribution in [2.45, 2.75) is 27.3 Å². The molecular formula is C20H26N6O. The minimum atomic E-state index is -0.177. The summed E-state index contributed by atoms with van der Waals surface area (Å²) in [4.78, 5) is 16.7. The number of carbonyl (C=O) groups excluding carboxylic acids is 1. The van der Waals surface area contributed by atoms with Crippen molar-refractivity contribution in [3.8, 4) is 12.3 Å². The van der Waals surface area contributed by atoms with Gasteiger partial charge in [-0.3, -0.25) is 9.48 Å². The Morgan fingerprint density at radius 1 is 1.33 bits per heavy atom. The zero-order chi connectivity index (χ0) is 19.8. The van der Waals surface area contributed by atoms with Crippen molar-refractivity contribution in [1.29, 1.82) is 0 Å². The first kappa shape index (κ1) is 20.0. The smallest absolute Gasteiger partial charge is 0.243 e. The Kier molecular flexibility index (Phi) is 7.00. The summed E-state index contributed by atoms with van der Waals surface area (Å²) in [5.41, 5.74) is 4.52. The van der Waals surface area contributed by atoms with Gasteiger partial charge in [0.15, 0.2) is 5.96 Å². The van der Waals surface area contributed by atoms with Gasteiger partial charge in [0.1, 0.15) is 0 Å². The molecule has 7 nitrogen and oxygen atoms in total. The highest BCUT2D eigenvalue weighted by atomic mass is 16.1. The van der Waals surface area contributed by atoms with E-state index in [1.54, 1.807) is 12.1 Å². The van der Waals surface area contributed by atoms with Gasteiger partial charge in [-0.15, -0.1) is 6.42 Å². The summed E-state index contributed by atoms with van der Waals surface area (Å²) in [6.07, 6.45) is 5.38. The minimum Gasteiger partial charge on any atom is -0.357 e. The van der Waals surface area contributed by atoms with E-state index in [0.29, 0.717) is 24.7 Å². The van der Waals surface area contributed by atoms with Crippen LogP contribution in [0.1, 0.15) is 29.4 Å². The van der Waals surface area contributed by atoms with Gasteiger partial charge in [-0.1, -0.05) is 12.0 Å². The molecule has 1 aromatic carbocycles. The fourth-order valence-corrected chi connectivity index (χ4v) is 2.60. The van der Waals surface area contributed by atoms with Crippen molar-refractivity contribution in [1.82, 2.24) is 20.4 Å². The maximum absolute atomic E-state index is 12.2. The van der Waals surface area contributed by atoms with E-state index in [4.69, 9.17) is 6.42 Å². The number of aromatic nitrogens is 2. The number of nitrogens with zero attached hydrogens (tertiary/aromatic N) is 3. The number of aryl methyl sites for hydroxylation is 2. The Morgan fingerprint density at radius 3 is 2.74 bits per heavy atom. The molecule has 0 atom stereocenters. The molecule has 3 N–H and O–H groups in total. The lowest BCUT2D eigenvalue weighted by Gasteiger charge is -2.12. The summed E-state index contributed by atoms with van der Waals surface area (Å²) >= 11 is 0. The van der Waals surface area contributed by atoms with Gasteiger partial charge in [-0.2, -0.15) is 5.10 Å². The molecule has 1 amide bonds. The van der Waals surface area contributed by atoms with Crippen LogP contribution < -0.4 is 16.0 Å². The highest BCUT2D eigenvalue weighted by Crippen LogP contribution is 2.13. The van der Waals surface area contributed by atoms with Crippen molar-refractivity contribution in [3.05, 3.63) is 46.8 Å². The number of benzene rings is 1. The molecule has 7 heteroatoms. The van der Waals surface area contributed by atoms with Crippen LogP contribution in [0, 0.1) is 26.2 Å². The van der Waals surface area contributed by atoms with Gasteiger partial charge in [0.2, 0.25) is 5.91 Å². The number of terminal acetylenes is 1. The van der Waals surface area contributed by atoms with Crippen LogP contribution in [0.15, 0.2) is 29.3 Å². The van der Waals surface area contributed by atoms with Gasteiger partial charge >= 0.3 is 0 Å². The standard InChI is InChI=1S/C20H26N6O/c1-6-16-9-8-10-17(11-16)24-19(27)13-23-20(21-7-2)22-12-18-14(3)25-26(5)15(18)4/h1,8-11H,7,12-13H2,2-5H3,(H,24,27)(H2,21,22,23). The molecule has 142 valence electrons. The summed E-state index contributed by atoms with van der Waals surface area (Å²) in [5, 5.41) is 13.4. The number of carbonyl (C=O) groups is 1. The zero-order valence-corrected chi connectivity index (χ0v) is 16.3. The molecule has 0 aliphatic carbocycles. The molecule has 0 bridgehead atoms. The number of aliphatic imine (C=N–C) groups is 1. The molecule has 0 saturated carbocycles. The SMILES string of the molecule is C#Cc1cccc(NC(=O)CNC(=NCc2c(C)nn(C)c2C)NCC)c1. The summed E-state index contributed by atoms with van der Waals surface area (Å²) < 4.78 is 1.85. The third kappa shape index (κ3) is 5.61. The molecule has 0 radical (unpaired) electrons. The van der Waals surface area contributed by atoms with Crippen LogP contribution in [0.3, 0.4) is 0 Å². The van der Waals surface area contributed by atoms with Crippen LogP contribution in [0.25, 0.3) is 0 Å². The van der Waals surface area contributed by atoms with Crippen LogP contribution >= 0.6 is 0 Å². The fourth-order valence-electron chi connectivity index (χ4n) is 2.60. The average molecular weight is 366 g/mol. The fraction of sp³-hybridized carbons (Fsp3) is 0.350. The predicted molar refractivity (Wildman–Crippen MR) is 109 cm³/mol. The van der Waals surface area contributed by atoms with Crippen molar-refractivity contribution in [3.63, 3.8) is 0 Å². The van der Waals surface area contributed by atoms with Crippen LogP contribution in [0.4, 0.5) is 5.69 Å². The quantitative estimate of drug-likeness (QED) is 0.413. The number of rotatable bonds is 6. The average Bonchev–Trinajstić information content (AvgIpc) is 2.89. The molecule has 1 heterocycles. The summed E-state index contributed by atoms with van der Waals surface area (Å²) in [7, 11) is 1.92. The largest absolute Gasteiger partial charge is 0.357 e. The lowest BCUT2D eigenvalue weighted by molar-refractivity contribution is -0.115. The number of nitrogens with one attached hydrogen (secondary N) is 3. The molecule has 0 aliphatic heterocycles. The highest BCUT2D eigenvalue weighted by molar-refractivity contribution is 5.95. The maximum Gasteiger partial charge on any atom is 0.243 e. The first-order valence-corrected chi connectivity index (χ1v) is 8.82. The molecule has 0 unspecified atom stereocenters. The second-order valence-corrected chi connectivity index (χ2v) is 6.10. The number of amides is 1. The van der Waals surface area contributed by atoms with E-state index in [1.807, 2.05) is 44.6 Å². The number of anilines is 1. The van der Waals surface area contributed by atoms with Crippen LogP contribution in [0.2, 0.25) is 0 Å². The van der Waals surface area contributed by atoms with E-state index in [1.165, 1.54) is 0 Å². The monoisotopic (exact) mass is 366 g/mol. The third-order valence-corrected chi connectivity index (χ3v) is 4.13. The maximum atomic E-state index is 12.2. The highest BCUT2D eigenvalue weighted by Gasteiger charge is 2.10. The topological polar surface area (TPSA) is 83.3 Å². The summed E-state index contributed by atoms with van der Waals surface area (Å²) in [6.45, 7) is 7.24. The van der Waals surface area contributed by atoms with Crippen LogP contribution in [-0.2, 0) is 18.4 Å². The molecule has 0 aliphatic rings. The van der Waals surface area contributed by atoms with E-state index < -0.39 is 0 Å². The second kappa shape index (κ2) is 9.43. The molecular weight excluding hydrogens is 340 g/mol. The van der Waals surface area contributed by atoms with Crippen molar-refractivity contribution in [2.24, 2.45) is 12.0 Å². The van der Waals surface area contributed by atoms with Gasteiger partial charge in [0.25, 0.3) is 0 Å².